The maximum absolute atomic E-state index is 11.6. The van der Waals surface area contributed by atoms with Gasteiger partial charge in [0.1, 0.15) is 5.56 Å². The molecule has 1 saturated carbocycles. The van der Waals surface area contributed by atoms with E-state index < -0.39 is 0 Å². The first-order valence-corrected chi connectivity index (χ1v) is 5.80. The van der Waals surface area contributed by atoms with Gasteiger partial charge in [0.05, 0.1) is 12.8 Å². The van der Waals surface area contributed by atoms with Gasteiger partial charge >= 0.3 is 5.97 Å². The number of hydrogen-bond donors (Lipinski definition) is 0. The normalized spacial score (nSPS) is 15.1. The van der Waals surface area contributed by atoms with Crippen LogP contribution in [0.5, 0.6) is 0 Å². The highest BCUT2D eigenvalue weighted by atomic mass is 16.5. The molecule has 0 bridgehead atoms. The molecular weight excluding hydrogens is 218 g/mol. The lowest BCUT2D eigenvalue weighted by atomic mass is 10.2. The van der Waals surface area contributed by atoms with Crippen LogP contribution in [0.4, 0.5) is 0 Å². The van der Waals surface area contributed by atoms with Crippen LogP contribution in [0, 0.1) is 0 Å². The van der Waals surface area contributed by atoms with Crippen LogP contribution >= 0.6 is 0 Å². The number of esters is 1. The van der Waals surface area contributed by atoms with E-state index in [-0.39, 0.29) is 5.97 Å². The predicted molar refractivity (Wildman–Crippen MR) is 60.9 cm³/mol. The van der Waals surface area contributed by atoms with Crippen molar-refractivity contribution in [1.82, 2.24) is 14.6 Å². The van der Waals surface area contributed by atoms with Gasteiger partial charge in [-0.25, -0.2) is 14.3 Å². The topological polar surface area (TPSA) is 56.5 Å². The molecule has 2 aromatic rings. The minimum atomic E-state index is -0.367. The molecule has 0 spiro atoms. The Morgan fingerprint density at radius 3 is 3.06 bits per heavy atom. The van der Waals surface area contributed by atoms with E-state index in [2.05, 4.69) is 10.1 Å². The summed E-state index contributed by atoms with van der Waals surface area (Å²) in [7, 11) is 0. The van der Waals surface area contributed by atoms with Crippen molar-refractivity contribution in [2.45, 2.75) is 25.7 Å². The first-order chi connectivity index (χ1) is 8.29. The maximum atomic E-state index is 11.6. The largest absolute Gasteiger partial charge is 0.462 e. The zero-order valence-corrected chi connectivity index (χ0v) is 9.59. The fourth-order valence-electron chi connectivity index (χ4n) is 1.87. The SMILES string of the molecule is CCOC(=O)c1cnn2cc(C3CC3)cnc12. The van der Waals surface area contributed by atoms with Crippen molar-refractivity contribution in [3.63, 3.8) is 0 Å². The molecule has 0 radical (unpaired) electrons. The summed E-state index contributed by atoms with van der Waals surface area (Å²) in [6, 6.07) is 0. The minimum Gasteiger partial charge on any atom is -0.462 e. The summed E-state index contributed by atoms with van der Waals surface area (Å²) < 4.78 is 6.60. The molecule has 5 nitrogen and oxygen atoms in total. The van der Waals surface area contributed by atoms with Gasteiger partial charge in [-0.15, -0.1) is 0 Å². The van der Waals surface area contributed by atoms with Crippen molar-refractivity contribution in [1.29, 1.82) is 0 Å². The average molecular weight is 231 g/mol. The summed E-state index contributed by atoms with van der Waals surface area (Å²) in [5.41, 5.74) is 2.18. The first kappa shape index (κ1) is 10.3. The van der Waals surface area contributed by atoms with Crippen LogP contribution in [-0.2, 0) is 4.74 Å². The van der Waals surface area contributed by atoms with E-state index in [1.54, 1.807) is 11.4 Å². The molecule has 1 aliphatic carbocycles. The molecule has 0 atom stereocenters. The number of carbonyl (C=O) groups is 1. The van der Waals surface area contributed by atoms with Gasteiger partial charge in [-0.05, 0) is 31.2 Å². The molecular formula is C12H13N3O2. The zero-order chi connectivity index (χ0) is 11.8. The predicted octanol–water partition coefficient (Wildman–Crippen LogP) is 1.78. The lowest BCUT2D eigenvalue weighted by Crippen LogP contribution is -2.05. The fraction of sp³-hybridized carbons (Fsp3) is 0.417. The minimum absolute atomic E-state index is 0.357. The Hall–Kier alpha value is -1.91. The second-order valence-electron chi connectivity index (χ2n) is 4.21. The second-order valence-corrected chi connectivity index (χ2v) is 4.21. The van der Waals surface area contributed by atoms with Gasteiger partial charge in [0.15, 0.2) is 5.65 Å². The molecule has 17 heavy (non-hydrogen) atoms. The summed E-state index contributed by atoms with van der Waals surface area (Å²) in [5, 5.41) is 4.15. The van der Waals surface area contributed by atoms with Gasteiger partial charge in [-0.3, -0.25) is 0 Å². The molecule has 0 N–H and O–H groups in total. The number of hydrogen-bond acceptors (Lipinski definition) is 4. The van der Waals surface area contributed by atoms with Crippen LogP contribution in [0.1, 0.15) is 41.6 Å². The summed E-state index contributed by atoms with van der Waals surface area (Å²) >= 11 is 0. The number of nitrogens with zero attached hydrogens (tertiary/aromatic N) is 3. The van der Waals surface area contributed by atoms with Gasteiger partial charge in [-0.2, -0.15) is 5.10 Å². The summed E-state index contributed by atoms with van der Waals surface area (Å²) in [6.45, 7) is 2.14. The fourth-order valence-corrected chi connectivity index (χ4v) is 1.87. The quantitative estimate of drug-likeness (QED) is 0.755. The van der Waals surface area contributed by atoms with Crippen LogP contribution in [0.3, 0.4) is 0 Å². The Kier molecular flexibility index (Phi) is 2.31. The van der Waals surface area contributed by atoms with E-state index in [4.69, 9.17) is 4.74 Å². The molecule has 0 amide bonds. The van der Waals surface area contributed by atoms with E-state index in [1.165, 1.54) is 24.6 Å². The molecule has 0 aromatic carbocycles. The smallest absolute Gasteiger partial charge is 0.343 e. The molecule has 3 rings (SSSR count). The number of carbonyl (C=O) groups excluding carboxylic acids is 1. The van der Waals surface area contributed by atoms with Crippen LogP contribution in [0.15, 0.2) is 18.6 Å². The van der Waals surface area contributed by atoms with Crippen molar-refractivity contribution >= 4 is 11.6 Å². The van der Waals surface area contributed by atoms with Crippen molar-refractivity contribution in [2.75, 3.05) is 6.61 Å². The van der Waals surface area contributed by atoms with Gasteiger partial charge in [0.2, 0.25) is 0 Å². The lowest BCUT2D eigenvalue weighted by Gasteiger charge is -2.00. The van der Waals surface area contributed by atoms with E-state index in [0.29, 0.717) is 23.7 Å². The van der Waals surface area contributed by atoms with Crippen molar-refractivity contribution in [2.24, 2.45) is 0 Å². The van der Waals surface area contributed by atoms with Crippen molar-refractivity contribution in [3.05, 3.63) is 29.7 Å². The van der Waals surface area contributed by atoms with E-state index in [1.807, 2.05) is 12.4 Å². The third-order valence-electron chi connectivity index (χ3n) is 2.92. The number of aromatic nitrogens is 3. The monoisotopic (exact) mass is 231 g/mol. The summed E-state index contributed by atoms with van der Waals surface area (Å²) in [4.78, 5) is 15.9. The first-order valence-electron chi connectivity index (χ1n) is 5.80. The standard InChI is InChI=1S/C12H13N3O2/c1-2-17-12(16)10-6-14-15-7-9(8-3-4-8)5-13-11(10)15/h5-8H,2-4H2,1H3. The Morgan fingerprint density at radius 2 is 2.35 bits per heavy atom. The summed E-state index contributed by atoms with van der Waals surface area (Å²) in [5.74, 6) is 0.260. The van der Waals surface area contributed by atoms with Crippen LogP contribution in [-0.4, -0.2) is 27.2 Å². The average Bonchev–Trinajstić information content (AvgIpc) is 3.09. The highest BCUT2D eigenvalue weighted by molar-refractivity contribution is 5.95. The molecule has 0 saturated heterocycles. The Balaban J connectivity index is 2.01. The lowest BCUT2D eigenvalue weighted by molar-refractivity contribution is 0.0528. The van der Waals surface area contributed by atoms with E-state index >= 15 is 0 Å². The van der Waals surface area contributed by atoms with Crippen LogP contribution < -0.4 is 0 Å². The van der Waals surface area contributed by atoms with Gasteiger partial charge in [0.25, 0.3) is 0 Å². The molecule has 0 aliphatic heterocycles. The molecule has 1 aliphatic rings. The third kappa shape index (κ3) is 1.77. The maximum Gasteiger partial charge on any atom is 0.343 e. The zero-order valence-electron chi connectivity index (χ0n) is 9.59. The molecule has 88 valence electrons. The van der Waals surface area contributed by atoms with Crippen molar-refractivity contribution in [3.8, 4) is 0 Å². The molecule has 0 unspecified atom stereocenters. The Bertz CT molecular complexity index is 572. The van der Waals surface area contributed by atoms with Gasteiger partial charge in [0, 0.05) is 12.4 Å². The second kappa shape index (κ2) is 3.84. The van der Waals surface area contributed by atoms with E-state index in [0.717, 1.165) is 0 Å². The molecule has 5 heteroatoms. The summed E-state index contributed by atoms with van der Waals surface area (Å²) in [6.07, 6.45) is 7.73. The van der Waals surface area contributed by atoms with Crippen LogP contribution in [0.25, 0.3) is 5.65 Å². The van der Waals surface area contributed by atoms with Crippen molar-refractivity contribution < 1.29 is 9.53 Å². The number of fused-ring (bicyclic) bond motifs is 1. The molecule has 2 heterocycles. The Morgan fingerprint density at radius 1 is 1.53 bits per heavy atom. The number of rotatable bonds is 3. The van der Waals surface area contributed by atoms with E-state index in [9.17, 15) is 4.79 Å². The highest BCUT2D eigenvalue weighted by Gasteiger charge is 2.25. The molecule has 1 fully saturated rings. The van der Waals surface area contributed by atoms with Gasteiger partial charge < -0.3 is 4.74 Å². The molecule has 2 aromatic heterocycles. The van der Waals surface area contributed by atoms with Gasteiger partial charge in [-0.1, -0.05) is 0 Å². The highest BCUT2D eigenvalue weighted by Crippen LogP contribution is 2.39. The Labute approximate surface area is 98.4 Å². The number of ether oxygens (including phenoxy) is 1. The van der Waals surface area contributed by atoms with Crippen LogP contribution in [0.2, 0.25) is 0 Å². The third-order valence-corrected chi connectivity index (χ3v) is 2.92.